The van der Waals surface area contributed by atoms with Gasteiger partial charge in [0.05, 0.1) is 24.2 Å². The lowest BCUT2D eigenvalue weighted by Gasteiger charge is -2.36. The van der Waals surface area contributed by atoms with Gasteiger partial charge in [0.25, 0.3) is 0 Å². The molecule has 0 bridgehead atoms. The van der Waals surface area contributed by atoms with Crippen molar-refractivity contribution in [2.45, 2.75) is 94.3 Å². The van der Waals surface area contributed by atoms with Crippen LogP contribution >= 0.6 is 0 Å². The van der Waals surface area contributed by atoms with Crippen LogP contribution in [-0.4, -0.2) is 58.3 Å². The van der Waals surface area contributed by atoms with Gasteiger partial charge in [0.1, 0.15) is 0 Å². The van der Waals surface area contributed by atoms with Crippen LogP contribution in [0.25, 0.3) is 0 Å². The predicted octanol–water partition coefficient (Wildman–Crippen LogP) is 2.91. The Morgan fingerprint density at radius 2 is 1.71 bits per heavy atom. The summed E-state index contributed by atoms with van der Waals surface area (Å²) < 4.78 is 0. The average molecular weight is 431 g/mol. The van der Waals surface area contributed by atoms with Crippen LogP contribution in [0.3, 0.4) is 0 Å². The van der Waals surface area contributed by atoms with Gasteiger partial charge in [-0.15, -0.1) is 0 Å². The van der Waals surface area contributed by atoms with Gasteiger partial charge in [-0.25, -0.2) is 0 Å². The maximum Gasteiger partial charge on any atom is 0.225 e. The predicted molar refractivity (Wildman–Crippen MR) is 120 cm³/mol. The third-order valence-corrected chi connectivity index (χ3v) is 7.50. The number of nitrogens with zero attached hydrogens (tertiary/aromatic N) is 1. The van der Waals surface area contributed by atoms with E-state index in [0.29, 0.717) is 32.2 Å². The number of carbonyl (C=O) groups is 2. The number of benzene rings is 1. The van der Waals surface area contributed by atoms with Gasteiger partial charge in [0.15, 0.2) is 0 Å². The van der Waals surface area contributed by atoms with Crippen molar-refractivity contribution < 1.29 is 19.8 Å². The number of likely N-dealkylation sites (N-methyl/N-ethyl adjacent to an activating group) is 1. The van der Waals surface area contributed by atoms with E-state index in [2.05, 4.69) is 17.4 Å². The molecule has 0 saturated heterocycles. The lowest BCUT2D eigenvalue weighted by Crippen LogP contribution is -2.47. The molecule has 0 heterocycles. The lowest BCUT2D eigenvalue weighted by molar-refractivity contribution is -0.141. The van der Waals surface area contributed by atoms with Gasteiger partial charge in [-0.05, 0) is 44.1 Å². The molecule has 3 N–H and O–H groups in total. The third kappa shape index (κ3) is 5.86. The quantitative estimate of drug-likeness (QED) is 0.606. The van der Waals surface area contributed by atoms with E-state index in [9.17, 15) is 19.8 Å². The van der Waals surface area contributed by atoms with E-state index in [4.69, 9.17) is 0 Å². The van der Waals surface area contributed by atoms with Crippen LogP contribution in [0.2, 0.25) is 0 Å². The topological polar surface area (TPSA) is 89.9 Å². The molecule has 0 radical (unpaired) electrons. The second-order valence-electron chi connectivity index (χ2n) is 9.73. The first-order chi connectivity index (χ1) is 14.7. The van der Waals surface area contributed by atoms with Crippen molar-refractivity contribution in [3.05, 3.63) is 35.9 Å². The number of carbonyl (C=O) groups excluding carboxylic acids is 2. The Morgan fingerprint density at radius 1 is 1.06 bits per heavy atom. The molecular weight excluding hydrogens is 392 g/mol. The van der Waals surface area contributed by atoms with Gasteiger partial charge < -0.3 is 20.4 Å². The summed E-state index contributed by atoms with van der Waals surface area (Å²) >= 11 is 0. The van der Waals surface area contributed by atoms with Gasteiger partial charge in [0, 0.05) is 25.9 Å². The molecule has 31 heavy (non-hydrogen) atoms. The molecule has 2 saturated carbocycles. The van der Waals surface area contributed by atoms with E-state index in [1.54, 1.807) is 11.9 Å². The molecule has 0 spiro atoms. The normalized spacial score (nSPS) is 28.4. The maximum absolute atomic E-state index is 13.0. The van der Waals surface area contributed by atoms with Gasteiger partial charge in [0.2, 0.25) is 11.8 Å². The minimum atomic E-state index is -0.904. The van der Waals surface area contributed by atoms with Gasteiger partial charge in [-0.3, -0.25) is 9.59 Å². The summed E-state index contributed by atoms with van der Waals surface area (Å²) in [7, 11) is 1.76. The number of hydrogen-bond donors (Lipinski definition) is 3. The molecule has 0 aliphatic heterocycles. The van der Waals surface area contributed by atoms with E-state index >= 15 is 0 Å². The second kappa shape index (κ2) is 10.1. The molecular formula is C25H38N2O4. The van der Waals surface area contributed by atoms with Crippen LogP contribution in [0.4, 0.5) is 0 Å². The van der Waals surface area contributed by atoms with Crippen LogP contribution in [0.15, 0.2) is 30.3 Å². The van der Waals surface area contributed by atoms with E-state index in [0.717, 1.165) is 37.7 Å². The highest BCUT2D eigenvalue weighted by Crippen LogP contribution is 2.39. The summed E-state index contributed by atoms with van der Waals surface area (Å²) in [6.45, 7) is 2.04. The summed E-state index contributed by atoms with van der Waals surface area (Å²) in [5, 5.41) is 24.8. The highest BCUT2D eigenvalue weighted by atomic mass is 16.3. The molecule has 0 aromatic heterocycles. The standard InChI is InChI=1S/C25H38N2O4/c1-19(28)26-18-24(20-9-5-3-6-10-20)15-11-21(22(29)12-16-24)27(2)23(30)17-25(31)13-7-4-8-14-25/h3,5-6,9-10,21-22,29,31H,4,7-8,11-18H2,1-2H3,(H,26,28)/t21-,22-,24+/m0/s1. The second-order valence-corrected chi connectivity index (χ2v) is 9.73. The summed E-state index contributed by atoms with van der Waals surface area (Å²) in [6, 6.07) is 9.87. The first kappa shape index (κ1) is 23.7. The molecule has 172 valence electrons. The summed E-state index contributed by atoms with van der Waals surface area (Å²) in [5.74, 6) is -0.160. The van der Waals surface area contributed by atoms with Crippen molar-refractivity contribution in [2.75, 3.05) is 13.6 Å². The molecule has 6 heteroatoms. The third-order valence-electron chi connectivity index (χ3n) is 7.50. The minimum Gasteiger partial charge on any atom is -0.391 e. The average Bonchev–Trinajstić information content (AvgIpc) is 2.92. The van der Waals surface area contributed by atoms with Crippen molar-refractivity contribution in [1.82, 2.24) is 10.2 Å². The van der Waals surface area contributed by atoms with Gasteiger partial charge >= 0.3 is 0 Å². The molecule has 1 aromatic rings. The smallest absolute Gasteiger partial charge is 0.225 e. The molecule has 1 aromatic carbocycles. The fraction of sp³-hybridized carbons (Fsp3) is 0.680. The molecule has 3 atom stereocenters. The first-order valence-electron chi connectivity index (χ1n) is 11.7. The fourth-order valence-electron chi connectivity index (χ4n) is 5.44. The van der Waals surface area contributed by atoms with Crippen molar-refractivity contribution in [2.24, 2.45) is 0 Å². The minimum absolute atomic E-state index is 0.0651. The van der Waals surface area contributed by atoms with E-state index in [1.165, 1.54) is 6.92 Å². The van der Waals surface area contributed by atoms with Crippen LogP contribution in [-0.2, 0) is 15.0 Å². The Kier molecular flexibility index (Phi) is 7.76. The van der Waals surface area contributed by atoms with Crippen molar-refractivity contribution in [1.29, 1.82) is 0 Å². The Morgan fingerprint density at radius 3 is 2.35 bits per heavy atom. The Hall–Kier alpha value is -1.92. The molecule has 2 aliphatic carbocycles. The zero-order valence-corrected chi connectivity index (χ0v) is 19.0. The van der Waals surface area contributed by atoms with Crippen LogP contribution in [0.5, 0.6) is 0 Å². The molecule has 0 unspecified atom stereocenters. The largest absolute Gasteiger partial charge is 0.391 e. The Bertz CT molecular complexity index is 747. The summed E-state index contributed by atoms with van der Waals surface area (Å²) in [4.78, 5) is 26.3. The maximum atomic E-state index is 13.0. The van der Waals surface area contributed by atoms with Crippen molar-refractivity contribution >= 4 is 11.8 Å². The van der Waals surface area contributed by atoms with E-state index in [-0.39, 0.29) is 29.7 Å². The van der Waals surface area contributed by atoms with Gasteiger partial charge in [-0.2, -0.15) is 0 Å². The van der Waals surface area contributed by atoms with Crippen molar-refractivity contribution in [3.8, 4) is 0 Å². The number of hydrogen-bond acceptors (Lipinski definition) is 4. The molecule has 2 aliphatic rings. The summed E-state index contributed by atoms with van der Waals surface area (Å²) in [6.07, 6.45) is 6.59. The number of aliphatic hydroxyl groups is 2. The highest BCUT2D eigenvalue weighted by molar-refractivity contribution is 5.77. The van der Waals surface area contributed by atoms with E-state index < -0.39 is 11.7 Å². The molecule has 3 rings (SSSR count). The Labute approximate surface area is 186 Å². The van der Waals surface area contributed by atoms with Gasteiger partial charge in [-0.1, -0.05) is 49.6 Å². The number of rotatable bonds is 6. The zero-order chi connectivity index (χ0) is 22.5. The van der Waals surface area contributed by atoms with Crippen LogP contribution in [0, 0.1) is 0 Å². The number of aliphatic hydroxyl groups excluding tert-OH is 1. The zero-order valence-electron chi connectivity index (χ0n) is 19.0. The molecule has 2 fully saturated rings. The fourth-order valence-corrected chi connectivity index (χ4v) is 5.44. The molecule has 6 nitrogen and oxygen atoms in total. The number of nitrogens with one attached hydrogen (secondary N) is 1. The lowest BCUT2D eigenvalue weighted by atomic mass is 9.74. The molecule has 2 amide bonds. The van der Waals surface area contributed by atoms with Crippen LogP contribution in [0.1, 0.15) is 76.7 Å². The monoisotopic (exact) mass is 430 g/mol. The van der Waals surface area contributed by atoms with Crippen LogP contribution < -0.4 is 5.32 Å². The number of amides is 2. The van der Waals surface area contributed by atoms with Crippen molar-refractivity contribution in [3.63, 3.8) is 0 Å². The Balaban J connectivity index is 1.74. The SMILES string of the molecule is CC(=O)NC[C@]1(c2ccccc2)CC[C@H](O)[C@@H](N(C)C(=O)CC2(O)CCCCC2)CC1. The summed E-state index contributed by atoms with van der Waals surface area (Å²) in [5.41, 5.74) is -0.0193. The highest BCUT2D eigenvalue weighted by Gasteiger charge is 2.41. The first-order valence-corrected chi connectivity index (χ1v) is 11.7. The van der Waals surface area contributed by atoms with E-state index in [1.807, 2.05) is 18.2 Å².